The molecule has 0 atom stereocenters. The number of aromatic nitrogens is 1. The number of para-hydroxylation sites is 1. The number of hydrogen-bond acceptors (Lipinski definition) is 1. The molecule has 2 aromatic rings. The third-order valence-corrected chi connectivity index (χ3v) is 4.10. The van der Waals surface area contributed by atoms with Gasteiger partial charge in [-0.05, 0) is 57.2 Å². The summed E-state index contributed by atoms with van der Waals surface area (Å²) in [4.78, 5) is 0. The Bertz CT molecular complexity index is 537. The minimum absolute atomic E-state index is 0.849. The number of aryl methyl sites for hydroxylation is 2. The highest BCUT2D eigenvalue weighted by Gasteiger charge is 2.19. The standard InChI is InChI=1S/C17H24N2/c1-2-19-13-14(16-8-3-4-9-17(16)19)7-5-6-12-18-15-10-11-15/h3-4,8-9,13,15,18H,2,5-7,10-12H2,1H3. The second-order valence-electron chi connectivity index (χ2n) is 5.64. The number of nitrogens with one attached hydrogen (secondary N) is 1. The first kappa shape index (κ1) is 12.7. The number of hydrogen-bond donors (Lipinski definition) is 1. The van der Waals surface area contributed by atoms with Gasteiger partial charge in [0, 0.05) is 29.7 Å². The molecule has 0 bridgehead atoms. The molecule has 1 heterocycles. The predicted octanol–water partition coefficient (Wildman–Crippen LogP) is 3.74. The van der Waals surface area contributed by atoms with Crippen LogP contribution in [-0.4, -0.2) is 17.2 Å². The maximum absolute atomic E-state index is 3.59. The first-order chi connectivity index (χ1) is 9.38. The Balaban J connectivity index is 1.59. The number of fused-ring (bicyclic) bond motifs is 1. The van der Waals surface area contributed by atoms with Gasteiger partial charge in [0.1, 0.15) is 0 Å². The zero-order valence-electron chi connectivity index (χ0n) is 11.9. The van der Waals surface area contributed by atoms with Crippen LogP contribution in [-0.2, 0) is 13.0 Å². The molecule has 19 heavy (non-hydrogen) atoms. The Morgan fingerprint density at radius 3 is 2.84 bits per heavy atom. The molecular weight excluding hydrogens is 232 g/mol. The van der Waals surface area contributed by atoms with Crippen LogP contribution < -0.4 is 5.32 Å². The minimum Gasteiger partial charge on any atom is -0.347 e. The van der Waals surface area contributed by atoms with E-state index in [0.717, 1.165) is 12.6 Å². The summed E-state index contributed by atoms with van der Waals surface area (Å²) >= 11 is 0. The van der Waals surface area contributed by atoms with Crippen molar-refractivity contribution in [3.63, 3.8) is 0 Å². The smallest absolute Gasteiger partial charge is 0.0483 e. The van der Waals surface area contributed by atoms with E-state index in [1.807, 2.05) is 0 Å². The van der Waals surface area contributed by atoms with Gasteiger partial charge in [-0.2, -0.15) is 0 Å². The molecule has 1 aromatic carbocycles. The highest BCUT2D eigenvalue weighted by Crippen LogP contribution is 2.23. The third-order valence-electron chi connectivity index (χ3n) is 4.10. The van der Waals surface area contributed by atoms with Crippen LogP contribution in [0.15, 0.2) is 30.5 Å². The van der Waals surface area contributed by atoms with E-state index in [1.165, 1.54) is 55.1 Å². The SMILES string of the molecule is CCn1cc(CCCCNC2CC2)c2ccccc21. The van der Waals surface area contributed by atoms with Gasteiger partial charge in [-0.1, -0.05) is 18.2 Å². The summed E-state index contributed by atoms with van der Waals surface area (Å²) in [5.74, 6) is 0. The molecule has 0 aliphatic heterocycles. The Kier molecular flexibility index (Phi) is 3.88. The van der Waals surface area contributed by atoms with Crippen LogP contribution in [0.2, 0.25) is 0 Å². The van der Waals surface area contributed by atoms with E-state index in [0.29, 0.717) is 0 Å². The fourth-order valence-electron chi connectivity index (χ4n) is 2.82. The van der Waals surface area contributed by atoms with Gasteiger partial charge in [-0.15, -0.1) is 0 Å². The van der Waals surface area contributed by atoms with Crippen molar-refractivity contribution < 1.29 is 0 Å². The average molecular weight is 256 g/mol. The molecule has 1 aliphatic carbocycles. The van der Waals surface area contributed by atoms with E-state index in [2.05, 4.69) is 47.3 Å². The van der Waals surface area contributed by atoms with Crippen molar-refractivity contribution in [2.45, 2.75) is 51.6 Å². The highest BCUT2D eigenvalue weighted by molar-refractivity contribution is 5.83. The Morgan fingerprint density at radius 1 is 1.21 bits per heavy atom. The minimum atomic E-state index is 0.849. The number of rotatable bonds is 7. The van der Waals surface area contributed by atoms with Crippen molar-refractivity contribution in [2.75, 3.05) is 6.54 Å². The number of benzene rings is 1. The fraction of sp³-hybridized carbons (Fsp3) is 0.529. The molecule has 1 fully saturated rings. The molecular formula is C17H24N2. The van der Waals surface area contributed by atoms with E-state index in [4.69, 9.17) is 0 Å². The normalized spacial score (nSPS) is 15.2. The monoisotopic (exact) mass is 256 g/mol. The van der Waals surface area contributed by atoms with E-state index in [9.17, 15) is 0 Å². The maximum Gasteiger partial charge on any atom is 0.0483 e. The molecule has 102 valence electrons. The van der Waals surface area contributed by atoms with Crippen LogP contribution in [0.1, 0.15) is 38.2 Å². The summed E-state index contributed by atoms with van der Waals surface area (Å²) in [5.41, 5.74) is 2.90. The fourth-order valence-corrected chi connectivity index (χ4v) is 2.82. The first-order valence-corrected chi connectivity index (χ1v) is 7.68. The molecule has 2 heteroatoms. The zero-order valence-corrected chi connectivity index (χ0v) is 11.9. The van der Waals surface area contributed by atoms with Gasteiger partial charge in [0.25, 0.3) is 0 Å². The number of nitrogens with zero attached hydrogens (tertiary/aromatic N) is 1. The van der Waals surface area contributed by atoms with Crippen LogP contribution >= 0.6 is 0 Å². The topological polar surface area (TPSA) is 17.0 Å². The predicted molar refractivity (Wildman–Crippen MR) is 81.6 cm³/mol. The van der Waals surface area contributed by atoms with E-state index >= 15 is 0 Å². The highest BCUT2D eigenvalue weighted by atomic mass is 14.9. The zero-order chi connectivity index (χ0) is 13.1. The molecule has 0 amide bonds. The molecule has 1 aromatic heterocycles. The van der Waals surface area contributed by atoms with Crippen LogP contribution in [0.5, 0.6) is 0 Å². The molecule has 1 N–H and O–H groups in total. The summed E-state index contributed by atoms with van der Waals surface area (Å²) < 4.78 is 2.37. The number of unbranched alkanes of at least 4 members (excludes halogenated alkanes) is 1. The lowest BCUT2D eigenvalue weighted by atomic mass is 10.1. The van der Waals surface area contributed by atoms with E-state index in [-0.39, 0.29) is 0 Å². The van der Waals surface area contributed by atoms with Crippen LogP contribution in [0, 0.1) is 0 Å². The Labute approximate surface area is 115 Å². The quantitative estimate of drug-likeness (QED) is 0.747. The van der Waals surface area contributed by atoms with Crippen LogP contribution in [0.3, 0.4) is 0 Å². The van der Waals surface area contributed by atoms with Crippen molar-refractivity contribution in [1.29, 1.82) is 0 Å². The second-order valence-corrected chi connectivity index (χ2v) is 5.64. The van der Waals surface area contributed by atoms with E-state index in [1.54, 1.807) is 0 Å². The largest absolute Gasteiger partial charge is 0.347 e. The van der Waals surface area contributed by atoms with Crippen molar-refractivity contribution in [3.8, 4) is 0 Å². The summed E-state index contributed by atoms with van der Waals surface area (Å²) in [6.07, 6.45) is 8.92. The lowest BCUT2D eigenvalue weighted by Gasteiger charge is -2.02. The lowest BCUT2D eigenvalue weighted by molar-refractivity contribution is 0.620. The average Bonchev–Trinajstić information content (AvgIpc) is 3.20. The molecule has 0 saturated heterocycles. The summed E-state index contributed by atoms with van der Waals surface area (Å²) in [7, 11) is 0. The van der Waals surface area contributed by atoms with Crippen LogP contribution in [0.25, 0.3) is 10.9 Å². The Hall–Kier alpha value is -1.28. The summed E-state index contributed by atoms with van der Waals surface area (Å²) in [6, 6.07) is 9.64. The van der Waals surface area contributed by atoms with Crippen molar-refractivity contribution in [1.82, 2.24) is 9.88 Å². The van der Waals surface area contributed by atoms with Gasteiger partial charge in [0.2, 0.25) is 0 Å². The van der Waals surface area contributed by atoms with Gasteiger partial charge in [-0.3, -0.25) is 0 Å². The summed E-state index contributed by atoms with van der Waals surface area (Å²) in [5, 5.41) is 5.04. The molecule has 0 spiro atoms. The van der Waals surface area contributed by atoms with Gasteiger partial charge < -0.3 is 9.88 Å². The van der Waals surface area contributed by atoms with Gasteiger partial charge >= 0.3 is 0 Å². The molecule has 2 nitrogen and oxygen atoms in total. The molecule has 1 aliphatic rings. The van der Waals surface area contributed by atoms with Crippen molar-refractivity contribution in [3.05, 3.63) is 36.0 Å². The molecule has 1 saturated carbocycles. The first-order valence-electron chi connectivity index (χ1n) is 7.68. The second kappa shape index (κ2) is 5.79. The molecule has 0 unspecified atom stereocenters. The van der Waals surface area contributed by atoms with Gasteiger partial charge in [0.15, 0.2) is 0 Å². The third kappa shape index (κ3) is 3.01. The Morgan fingerprint density at radius 2 is 2.05 bits per heavy atom. The summed E-state index contributed by atoms with van der Waals surface area (Å²) in [6.45, 7) is 4.47. The lowest BCUT2D eigenvalue weighted by Crippen LogP contribution is -2.17. The molecule has 3 rings (SSSR count). The van der Waals surface area contributed by atoms with Crippen molar-refractivity contribution in [2.24, 2.45) is 0 Å². The van der Waals surface area contributed by atoms with Gasteiger partial charge in [-0.25, -0.2) is 0 Å². The van der Waals surface area contributed by atoms with Crippen LogP contribution in [0.4, 0.5) is 0 Å². The maximum atomic E-state index is 3.59. The van der Waals surface area contributed by atoms with Crippen molar-refractivity contribution >= 4 is 10.9 Å². The van der Waals surface area contributed by atoms with Gasteiger partial charge in [0.05, 0.1) is 0 Å². The molecule has 0 radical (unpaired) electrons. The van der Waals surface area contributed by atoms with E-state index < -0.39 is 0 Å².